The summed E-state index contributed by atoms with van der Waals surface area (Å²) in [5.41, 5.74) is 5.63. The predicted molar refractivity (Wildman–Crippen MR) is 77.0 cm³/mol. The SMILES string of the molecule is CC(CCN)CCC(=O)C1CCOC2(CCCC2)C1. The molecule has 1 aliphatic heterocycles. The average Bonchev–Trinajstić information content (AvgIpc) is 2.84. The fraction of sp³-hybridized carbons (Fsp3) is 0.938. The molecule has 2 fully saturated rings. The van der Waals surface area contributed by atoms with E-state index in [0.717, 1.165) is 45.3 Å². The first kappa shape index (κ1) is 15.0. The summed E-state index contributed by atoms with van der Waals surface area (Å²) in [4.78, 5) is 12.4. The lowest BCUT2D eigenvalue weighted by atomic mass is 9.81. The summed E-state index contributed by atoms with van der Waals surface area (Å²) in [6, 6.07) is 0. The normalized spacial score (nSPS) is 27.6. The molecule has 3 heteroatoms. The van der Waals surface area contributed by atoms with Crippen molar-refractivity contribution in [3.8, 4) is 0 Å². The van der Waals surface area contributed by atoms with Gasteiger partial charge in [0, 0.05) is 18.9 Å². The monoisotopic (exact) mass is 267 g/mol. The van der Waals surface area contributed by atoms with Crippen molar-refractivity contribution in [1.29, 1.82) is 0 Å². The smallest absolute Gasteiger partial charge is 0.136 e. The highest BCUT2D eigenvalue weighted by Crippen LogP contribution is 2.42. The van der Waals surface area contributed by atoms with Gasteiger partial charge < -0.3 is 10.5 Å². The number of carbonyl (C=O) groups is 1. The van der Waals surface area contributed by atoms with Crippen LogP contribution in [0.1, 0.15) is 64.7 Å². The van der Waals surface area contributed by atoms with Crippen LogP contribution in [0.3, 0.4) is 0 Å². The maximum atomic E-state index is 12.4. The zero-order valence-corrected chi connectivity index (χ0v) is 12.3. The van der Waals surface area contributed by atoms with Crippen LogP contribution in [-0.2, 0) is 9.53 Å². The Morgan fingerprint density at radius 1 is 1.37 bits per heavy atom. The summed E-state index contributed by atoms with van der Waals surface area (Å²) in [6.45, 7) is 3.72. The maximum absolute atomic E-state index is 12.4. The quantitative estimate of drug-likeness (QED) is 0.804. The van der Waals surface area contributed by atoms with Gasteiger partial charge in [-0.25, -0.2) is 0 Å². The first-order valence-corrected chi connectivity index (χ1v) is 8.02. The van der Waals surface area contributed by atoms with E-state index in [0.29, 0.717) is 11.7 Å². The fourth-order valence-corrected chi connectivity index (χ4v) is 3.69. The second-order valence-electron chi connectivity index (χ2n) is 6.62. The van der Waals surface area contributed by atoms with Crippen molar-refractivity contribution in [2.45, 2.75) is 70.3 Å². The molecular formula is C16H29NO2. The number of rotatable bonds is 6. The van der Waals surface area contributed by atoms with Crippen LogP contribution in [0, 0.1) is 11.8 Å². The van der Waals surface area contributed by atoms with Gasteiger partial charge in [-0.3, -0.25) is 4.79 Å². The van der Waals surface area contributed by atoms with Crippen LogP contribution in [0.25, 0.3) is 0 Å². The Kier molecular flexibility index (Phi) is 5.40. The van der Waals surface area contributed by atoms with E-state index in [1.807, 2.05) is 0 Å². The molecular weight excluding hydrogens is 238 g/mol. The van der Waals surface area contributed by atoms with E-state index < -0.39 is 0 Å². The van der Waals surface area contributed by atoms with Crippen LogP contribution in [0.15, 0.2) is 0 Å². The maximum Gasteiger partial charge on any atom is 0.136 e. The van der Waals surface area contributed by atoms with E-state index in [1.54, 1.807) is 0 Å². The zero-order valence-electron chi connectivity index (χ0n) is 12.3. The molecule has 0 aromatic carbocycles. The number of ether oxygens (including phenoxy) is 1. The van der Waals surface area contributed by atoms with Crippen LogP contribution in [0.5, 0.6) is 0 Å². The summed E-state index contributed by atoms with van der Waals surface area (Å²) < 4.78 is 6.00. The largest absolute Gasteiger partial charge is 0.375 e. The Hall–Kier alpha value is -0.410. The van der Waals surface area contributed by atoms with Crippen molar-refractivity contribution < 1.29 is 9.53 Å². The molecule has 2 aliphatic rings. The van der Waals surface area contributed by atoms with Gasteiger partial charge in [-0.15, -0.1) is 0 Å². The molecule has 2 atom stereocenters. The van der Waals surface area contributed by atoms with E-state index in [1.165, 1.54) is 25.7 Å². The highest BCUT2D eigenvalue weighted by Gasteiger charge is 2.41. The van der Waals surface area contributed by atoms with Crippen LogP contribution in [0.2, 0.25) is 0 Å². The van der Waals surface area contributed by atoms with Crippen molar-refractivity contribution in [3.63, 3.8) is 0 Å². The number of ketones is 1. The molecule has 1 heterocycles. The Morgan fingerprint density at radius 2 is 2.11 bits per heavy atom. The highest BCUT2D eigenvalue weighted by atomic mass is 16.5. The molecule has 110 valence electrons. The van der Waals surface area contributed by atoms with Gasteiger partial charge in [0.1, 0.15) is 5.78 Å². The molecule has 0 amide bonds. The fourth-order valence-electron chi connectivity index (χ4n) is 3.69. The third-order valence-electron chi connectivity index (χ3n) is 5.01. The minimum Gasteiger partial charge on any atom is -0.375 e. The van der Waals surface area contributed by atoms with Gasteiger partial charge in [-0.2, -0.15) is 0 Å². The van der Waals surface area contributed by atoms with Crippen molar-refractivity contribution in [3.05, 3.63) is 0 Å². The van der Waals surface area contributed by atoms with Crippen molar-refractivity contribution in [1.82, 2.24) is 0 Å². The molecule has 2 rings (SSSR count). The lowest BCUT2D eigenvalue weighted by molar-refractivity contribution is -0.136. The standard InChI is InChI=1S/C16H29NO2/c1-13(6-10-17)4-5-15(18)14-7-11-19-16(12-14)8-2-3-9-16/h13-14H,2-12,17H2,1H3. The van der Waals surface area contributed by atoms with Crippen molar-refractivity contribution in [2.24, 2.45) is 17.6 Å². The van der Waals surface area contributed by atoms with Crippen LogP contribution in [-0.4, -0.2) is 24.5 Å². The van der Waals surface area contributed by atoms with E-state index in [4.69, 9.17) is 10.5 Å². The molecule has 19 heavy (non-hydrogen) atoms. The number of hydrogen-bond acceptors (Lipinski definition) is 3. The molecule has 2 unspecified atom stereocenters. The van der Waals surface area contributed by atoms with E-state index >= 15 is 0 Å². The minimum absolute atomic E-state index is 0.0709. The Bertz CT molecular complexity index is 297. The summed E-state index contributed by atoms with van der Waals surface area (Å²) in [7, 11) is 0. The van der Waals surface area contributed by atoms with Gasteiger partial charge in [-0.1, -0.05) is 19.8 Å². The molecule has 1 saturated carbocycles. The number of carbonyl (C=O) groups excluding carboxylic acids is 1. The highest BCUT2D eigenvalue weighted by molar-refractivity contribution is 5.81. The molecule has 0 aromatic heterocycles. The predicted octanol–water partition coefficient (Wildman–Crippen LogP) is 3.06. The van der Waals surface area contributed by atoms with Gasteiger partial charge in [0.25, 0.3) is 0 Å². The van der Waals surface area contributed by atoms with Gasteiger partial charge in [0.15, 0.2) is 0 Å². The Morgan fingerprint density at radius 3 is 2.79 bits per heavy atom. The molecule has 0 bridgehead atoms. The van der Waals surface area contributed by atoms with Crippen LogP contribution >= 0.6 is 0 Å². The molecule has 1 aliphatic carbocycles. The molecule has 0 radical (unpaired) electrons. The topological polar surface area (TPSA) is 52.3 Å². The van der Waals surface area contributed by atoms with Crippen LogP contribution in [0.4, 0.5) is 0 Å². The number of hydrogen-bond donors (Lipinski definition) is 1. The molecule has 1 saturated heterocycles. The van der Waals surface area contributed by atoms with E-state index in [-0.39, 0.29) is 11.5 Å². The van der Waals surface area contributed by atoms with Gasteiger partial charge in [0.05, 0.1) is 5.60 Å². The number of nitrogens with two attached hydrogens (primary N) is 1. The third kappa shape index (κ3) is 4.03. The summed E-state index contributed by atoms with van der Waals surface area (Å²) in [6.07, 6.45) is 9.57. The second kappa shape index (κ2) is 6.85. The molecule has 1 spiro atoms. The lowest BCUT2D eigenvalue weighted by Gasteiger charge is -2.37. The lowest BCUT2D eigenvalue weighted by Crippen LogP contribution is -2.39. The van der Waals surface area contributed by atoms with Gasteiger partial charge in [0.2, 0.25) is 0 Å². The molecule has 2 N–H and O–H groups in total. The Labute approximate surface area is 117 Å². The van der Waals surface area contributed by atoms with Crippen LogP contribution < -0.4 is 5.73 Å². The first-order chi connectivity index (χ1) is 9.15. The van der Waals surface area contributed by atoms with Crippen molar-refractivity contribution >= 4 is 5.78 Å². The molecule has 0 aromatic rings. The minimum atomic E-state index is 0.0709. The van der Waals surface area contributed by atoms with Gasteiger partial charge in [-0.05, 0) is 51.0 Å². The average molecular weight is 267 g/mol. The van der Waals surface area contributed by atoms with Crippen molar-refractivity contribution in [2.75, 3.05) is 13.2 Å². The Balaban J connectivity index is 1.78. The van der Waals surface area contributed by atoms with Gasteiger partial charge >= 0.3 is 0 Å². The van der Waals surface area contributed by atoms with E-state index in [2.05, 4.69) is 6.92 Å². The number of Topliss-reactive ketones (excluding diaryl/α,β-unsaturated/α-hetero) is 1. The molecule has 3 nitrogen and oxygen atoms in total. The zero-order chi connectivity index (χ0) is 13.7. The summed E-state index contributed by atoms with van der Waals surface area (Å²) in [5.74, 6) is 1.31. The second-order valence-corrected chi connectivity index (χ2v) is 6.62. The summed E-state index contributed by atoms with van der Waals surface area (Å²) >= 11 is 0. The third-order valence-corrected chi connectivity index (χ3v) is 5.01. The summed E-state index contributed by atoms with van der Waals surface area (Å²) in [5, 5.41) is 0. The van der Waals surface area contributed by atoms with E-state index in [9.17, 15) is 4.79 Å². The first-order valence-electron chi connectivity index (χ1n) is 8.02.